The molecule has 0 saturated heterocycles. The van der Waals surface area contributed by atoms with Gasteiger partial charge < -0.3 is 14.2 Å². The zero-order valence-electron chi connectivity index (χ0n) is 13.3. The van der Waals surface area contributed by atoms with Crippen molar-refractivity contribution in [2.45, 2.75) is 33.1 Å². The highest BCUT2D eigenvalue weighted by molar-refractivity contribution is 7.86. The van der Waals surface area contributed by atoms with Crippen molar-refractivity contribution in [2.24, 2.45) is 0 Å². The standard InChI is InChI=1S/C14H26O7S/c1-3-5-6-7-8-20-21-22(15,16)14-13-19-12-11-18-10-9-17-4-2/h3-6,9-14H2,1-2H3. The van der Waals surface area contributed by atoms with E-state index in [1.54, 1.807) is 0 Å². The molecule has 0 aliphatic heterocycles. The van der Waals surface area contributed by atoms with E-state index in [2.05, 4.69) is 21.2 Å². The van der Waals surface area contributed by atoms with Crippen LogP contribution < -0.4 is 0 Å². The van der Waals surface area contributed by atoms with E-state index in [0.717, 1.165) is 12.8 Å². The minimum absolute atomic E-state index is 0.00375. The van der Waals surface area contributed by atoms with Crippen LogP contribution in [-0.4, -0.2) is 53.8 Å². The van der Waals surface area contributed by atoms with Crippen molar-refractivity contribution in [3.8, 4) is 12.0 Å². The summed E-state index contributed by atoms with van der Waals surface area (Å²) < 4.78 is 42.4. The quantitative estimate of drug-likeness (QED) is 0.205. The molecule has 0 heterocycles. The molecule has 0 unspecified atom stereocenters. The maximum Gasteiger partial charge on any atom is 0.306 e. The van der Waals surface area contributed by atoms with Gasteiger partial charge in [0.2, 0.25) is 0 Å². The first kappa shape index (κ1) is 21.1. The molecule has 0 aliphatic carbocycles. The summed E-state index contributed by atoms with van der Waals surface area (Å²) in [4.78, 5) is 4.33. The summed E-state index contributed by atoms with van der Waals surface area (Å²) in [7, 11) is -3.79. The molecule has 0 saturated carbocycles. The number of hydrogen-bond acceptors (Lipinski definition) is 7. The molecule has 0 amide bonds. The van der Waals surface area contributed by atoms with Gasteiger partial charge in [0.1, 0.15) is 5.75 Å². The Labute approximate surface area is 133 Å². The van der Waals surface area contributed by atoms with Crippen LogP contribution in [0, 0.1) is 12.0 Å². The zero-order chi connectivity index (χ0) is 16.5. The molecule has 0 radical (unpaired) electrons. The van der Waals surface area contributed by atoms with E-state index in [1.165, 1.54) is 0 Å². The number of rotatable bonds is 14. The van der Waals surface area contributed by atoms with E-state index < -0.39 is 10.1 Å². The molecular formula is C14H26O7S. The Hall–Kier alpha value is -0.850. The molecule has 0 fully saturated rings. The Morgan fingerprint density at radius 1 is 0.909 bits per heavy atom. The fourth-order valence-electron chi connectivity index (χ4n) is 1.19. The van der Waals surface area contributed by atoms with Gasteiger partial charge in [-0.25, -0.2) is 0 Å². The van der Waals surface area contributed by atoms with Crippen LogP contribution in [0.1, 0.15) is 33.1 Å². The molecule has 0 atom stereocenters. The molecule has 7 nitrogen and oxygen atoms in total. The van der Waals surface area contributed by atoms with Gasteiger partial charge in [-0.1, -0.05) is 19.3 Å². The Morgan fingerprint density at radius 3 is 2.18 bits per heavy atom. The second-order valence-electron chi connectivity index (χ2n) is 4.22. The lowest BCUT2D eigenvalue weighted by Crippen LogP contribution is -2.16. The second-order valence-corrected chi connectivity index (χ2v) is 5.88. The lowest BCUT2D eigenvalue weighted by molar-refractivity contribution is -0.127. The van der Waals surface area contributed by atoms with E-state index in [4.69, 9.17) is 14.2 Å². The summed E-state index contributed by atoms with van der Waals surface area (Å²) in [5, 5.41) is 0. The molecule has 0 spiro atoms. The van der Waals surface area contributed by atoms with Crippen molar-refractivity contribution in [3.63, 3.8) is 0 Å². The van der Waals surface area contributed by atoms with Crippen molar-refractivity contribution in [2.75, 3.05) is 45.4 Å². The predicted octanol–water partition coefficient (Wildman–Crippen LogP) is 1.49. The molecular weight excluding hydrogens is 312 g/mol. The number of unbranched alkanes of at least 4 members (excludes halogenated alkanes) is 2. The lowest BCUT2D eigenvalue weighted by atomic mass is 10.3. The van der Waals surface area contributed by atoms with E-state index in [-0.39, 0.29) is 12.4 Å². The summed E-state index contributed by atoms with van der Waals surface area (Å²) in [6.45, 7) is 6.32. The molecule has 0 aliphatic rings. The van der Waals surface area contributed by atoms with Gasteiger partial charge in [-0.05, 0) is 17.7 Å². The van der Waals surface area contributed by atoms with E-state index in [0.29, 0.717) is 39.5 Å². The average Bonchev–Trinajstić information content (AvgIpc) is 2.49. The van der Waals surface area contributed by atoms with Gasteiger partial charge in [0.15, 0.2) is 6.11 Å². The molecule has 0 bridgehead atoms. The van der Waals surface area contributed by atoms with Crippen molar-refractivity contribution in [1.29, 1.82) is 0 Å². The van der Waals surface area contributed by atoms with Crippen LogP contribution in [0.4, 0.5) is 0 Å². The molecule has 0 aromatic carbocycles. The van der Waals surface area contributed by atoms with Crippen LogP contribution in [0.2, 0.25) is 0 Å². The van der Waals surface area contributed by atoms with Gasteiger partial charge >= 0.3 is 10.1 Å². The molecule has 0 aromatic heterocycles. The van der Waals surface area contributed by atoms with Crippen LogP contribution in [0.3, 0.4) is 0 Å². The molecule has 130 valence electrons. The molecule has 0 N–H and O–H groups in total. The molecule has 8 heteroatoms. The van der Waals surface area contributed by atoms with Crippen LogP contribution in [-0.2, 0) is 33.6 Å². The minimum atomic E-state index is -3.79. The molecule has 22 heavy (non-hydrogen) atoms. The summed E-state index contributed by atoms with van der Waals surface area (Å²) in [5.41, 5.74) is 0. The fourth-order valence-corrected chi connectivity index (χ4v) is 1.72. The third kappa shape index (κ3) is 15.5. The zero-order valence-corrected chi connectivity index (χ0v) is 14.2. The van der Waals surface area contributed by atoms with Crippen molar-refractivity contribution < 1.29 is 31.8 Å². The van der Waals surface area contributed by atoms with Gasteiger partial charge in [-0.15, -0.1) is 0 Å². The smallest absolute Gasteiger partial charge is 0.306 e. The highest BCUT2D eigenvalue weighted by atomic mass is 32.2. The SMILES string of the molecule is CCCCC#COOS(=O)(=O)CCOCCOCCOCC. The summed E-state index contributed by atoms with van der Waals surface area (Å²) >= 11 is 0. The van der Waals surface area contributed by atoms with Gasteiger partial charge in [0.05, 0.1) is 33.0 Å². The van der Waals surface area contributed by atoms with Gasteiger partial charge in [-0.2, -0.15) is 8.42 Å². The summed E-state index contributed by atoms with van der Waals surface area (Å²) in [5.74, 6) is 2.34. The third-order valence-corrected chi connectivity index (χ3v) is 3.27. The predicted molar refractivity (Wildman–Crippen MR) is 81.4 cm³/mol. The maximum absolute atomic E-state index is 11.4. The van der Waals surface area contributed by atoms with Crippen molar-refractivity contribution >= 4 is 10.1 Å². The Bertz CT molecular complexity index is 397. The van der Waals surface area contributed by atoms with Crippen LogP contribution >= 0.6 is 0 Å². The molecule has 0 aromatic rings. The first-order valence-corrected chi connectivity index (χ1v) is 8.99. The molecule has 0 rings (SSSR count). The summed E-state index contributed by atoms with van der Waals surface area (Å²) in [6.07, 6.45) is 4.78. The largest absolute Gasteiger partial charge is 0.379 e. The Morgan fingerprint density at radius 2 is 1.55 bits per heavy atom. The monoisotopic (exact) mass is 338 g/mol. The lowest BCUT2D eigenvalue weighted by Gasteiger charge is -2.05. The number of ether oxygens (including phenoxy) is 3. The van der Waals surface area contributed by atoms with Gasteiger partial charge in [0.25, 0.3) is 0 Å². The van der Waals surface area contributed by atoms with Gasteiger partial charge in [-0.3, -0.25) is 4.89 Å². The second kappa shape index (κ2) is 15.1. The topological polar surface area (TPSA) is 80.3 Å². The average molecular weight is 338 g/mol. The van der Waals surface area contributed by atoms with E-state index >= 15 is 0 Å². The highest BCUT2D eigenvalue weighted by Crippen LogP contribution is 1.95. The highest BCUT2D eigenvalue weighted by Gasteiger charge is 2.12. The third-order valence-electron chi connectivity index (χ3n) is 2.33. The van der Waals surface area contributed by atoms with Crippen LogP contribution in [0.15, 0.2) is 0 Å². The van der Waals surface area contributed by atoms with E-state index in [1.807, 2.05) is 13.8 Å². The number of hydrogen-bond donors (Lipinski definition) is 0. The van der Waals surface area contributed by atoms with E-state index in [9.17, 15) is 8.42 Å². The maximum atomic E-state index is 11.4. The Balaban J connectivity index is 3.49. The van der Waals surface area contributed by atoms with Crippen LogP contribution in [0.25, 0.3) is 0 Å². The van der Waals surface area contributed by atoms with Gasteiger partial charge in [0, 0.05) is 13.0 Å². The first-order chi connectivity index (χ1) is 10.6. The van der Waals surface area contributed by atoms with Crippen molar-refractivity contribution in [1.82, 2.24) is 0 Å². The van der Waals surface area contributed by atoms with Crippen LogP contribution in [0.5, 0.6) is 0 Å². The fraction of sp³-hybridized carbons (Fsp3) is 0.857. The summed E-state index contributed by atoms with van der Waals surface area (Å²) in [6, 6.07) is 0. The minimum Gasteiger partial charge on any atom is -0.379 e. The van der Waals surface area contributed by atoms with Crippen molar-refractivity contribution in [3.05, 3.63) is 0 Å². The Kier molecular flexibility index (Phi) is 14.5. The normalized spacial score (nSPS) is 11.0. The first-order valence-electron chi connectivity index (χ1n) is 7.41.